The molecule has 3 nitrogen and oxygen atoms in total. The molecule has 2 rings (SSSR count). The summed E-state index contributed by atoms with van der Waals surface area (Å²) in [6.07, 6.45) is 5.18. The Balaban J connectivity index is 2.27. The van der Waals surface area contributed by atoms with Gasteiger partial charge >= 0.3 is 0 Å². The molecule has 0 fully saturated rings. The van der Waals surface area contributed by atoms with E-state index in [-0.39, 0.29) is 11.9 Å². The van der Waals surface area contributed by atoms with Crippen LogP contribution in [0.1, 0.15) is 36.9 Å². The molecular weight excluding hydrogens is 226 g/mol. The molecule has 1 heterocycles. The first-order chi connectivity index (χ1) is 8.72. The molecule has 0 saturated carbocycles. The summed E-state index contributed by atoms with van der Waals surface area (Å²) in [5, 5.41) is 3.04. The molecule has 1 aliphatic rings. The van der Waals surface area contributed by atoms with Crippen molar-refractivity contribution in [2.45, 2.75) is 32.7 Å². The third-order valence-corrected chi connectivity index (χ3v) is 3.14. The third kappa shape index (κ3) is 2.73. The fraction of sp³-hybridized carbons (Fsp3) is 0.400. The minimum atomic E-state index is -0.0446. The second-order valence-electron chi connectivity index (χ2n) is 4.55. The van der Waals surface area contributed by atoms with Crippen LogP contribution in [0, 0.1) is 6.92 Å². The molecule has 0 aliphatic carbocycles. The molecule has 1 aromatic rings. The number of hydrogen-bond donors (Lipinski definition) is 1. The van der Waals surface area contributed by atoms with E-state index in [4.69, 9.17) is 4.74 Å². The van der Waals surface area contributed by atoms with Gasteiger partial charge in [0.2, 0.25) is 5.91 Å². The van der Waals surface area contributed by atoms with Crippen molar-refractivity contribution in [1.82, 2.24) is 5.32 Å². The number of amides is 1. The van der Waals surface area contributed by atoms with Crippen LogP contribution in [0.15, 0.2) is 30.4 Å². The lowest BCUT2D eigenvalue weighted by Crippen LogP contribution is -2.26. The average molecular weight is 245 g/mol. The van der Waals surface area contributed by atoms with Gasteiger partial charge in [0.15, 0.2) is 0 Å². The summed E-state index contributed by atoms with van der Waals surface area (Å²) in [6, 6.07) is 6.13. The first-order valence-corrected chi connectivity index (χ1v) is 6.38. The Hall–Kier alpha value is -1.77. The van der Waals surface area contributed by atoms with Crippen LogP contribution in [0.5, 0.6) is 5.75 Å². The number of carbonyl (C=O) groups is 1. The number of aryl methyl sites for hydroxylation is 1. The highest BCUT2D eigenvalue weighted by atomic mass is 16.5. The molecule has 1 unspecified atom stereocenters. The summed E-state index contributed by atoms with van der Waals surface area (Å²) in [6.45, 7) is 4.59. The highest BCUT2D eigenvalue weighted by Gasteiger charge is 2.21. The molecule has 3 heteroatoms. The molecule has 96 valence electrons. The molecule has 0 bridgehead atoms. The molecule has 0 spiro atoms. The van der Waals surface area contributed by atoms with Crippen molar-refractivity contribution >= 4 is 5.91 Å². The standard InChI is InChI=1S/C15H19NO2/c1-3-6-14(17)16-13-9-5-10-18-15-11(2)7-4-8-12(13)15/h3-4,6-8,13H,5,9-10H2,1-2H3,(H,16,17)/b6-3+. The van der Waals surface area contributed by atoms with Gasteiger partial charge in [-0.3, -0.25) is 4.79 Å². The highest BCUT2D eigenvalue weighted by molar-refractivity contribution is 5.87. The monoisotopic (exact) mass is 245 g/mol. The fourth-order valence-electron chi connectivity index (χ4n) is 2.29. The molecular formula is C15H19NO2. The molecule has 1 atom stereocenters. The number of allylic oxidation sites excluding steroid dienone is 1. The van der Waals surface area contributed by atoms with Gasteiger partial charge in [0.25, 0.3) is 0 Å². The van der Waals surface area contributed by atoms with Gasteiger partial charge in [0.05, 0.1) is 12.6 Å². The maximum Gasteiger partial charge on any atom is 0.244 e. The number of benzene rings is 1. The minimum Gasteiger partial charge on any atom is -0.493 e. The van der Waals surface area contributed by atoms with E-state index in [0.29, 0.717) is 6.61 Å². The van der Waals surface area contributed by atoms with Gasteiger partial charge in [-0.1, -0.05) is 24.3 Å². The molecule has 0 radical (unpaired) electrons. The number of nitrogens with one attached hydrogen (secondary N) is 1. The Bertz CT molecular complexity index is 466. The summed E-state index contributed by atoms with van der Waals surface area (Å²) in [5.74, 6) is 0.887. The summed E-state index contributed by atoms with van der Waals surface area (Å²) >= 11 is 0. The van der Waals surface area contributed by atoms with Gasteiger partial charge in [-0.25, -0.2) is 0 Å². The highest BCUT2D eigenvalue weighted by Crippen LogP contribution is 2.33. The van der Waals surface area contributed by atoms with Crippen LogP contribution >= 0.6 is 0 Å². The van der Waals surface area contributed by atoms with Crippen LogP contribution in [0.2, 0.25) is 0 Å². The van der Waals surface area contributed by atoms with Gasteiger partial charge in [0.1, 0.15) is 5.75 Å². The van der Waals surface area contributed by atoms with Crippen LogP contribution < -0.4 is 10.1 Å². The van der Waals surface area contributed by atoms with Crippen LogP contribution in [0.3, 0.4) is 0 Å². The SMILES string of the molecule is C/C=C/C(=O)NC1CCCOc2c(C)cccc21. The number of ether oxygens (including phenoxy) is 1. The largest absolute Gasteiger partial charge is 0.493 e. The van der Waals surface area contributed by atoms with Crippen LogP contribution in [0.4, 0.5) is 0 Å². The molecule has 0 aromatic heterocycles. The van der Waals surface area contributed by atoms with Crippen molar-refractivity contribution in [3.63, 3.8) is 0 Å². The van der Waals surface area contributed by atoms with Crippen molar-refractivity contribution in [2.24, 2.45) is 0 Å². The lowest BCUT2D eigenvalue weighted by molar-refractivity contribution is -0.117. The zero-order chi connectivity index (χ0) is 13.0. The normalized spacial score (nSPS) is 18.9. The van der Waals surface area contributed by atoms with E-state index in [0.717, 1.165) is 29.7 Å². The lowest BCUT2D eigenvalue weighted by atomic mass is 10.00. The Morgan fingerprint density at radius 3 is 3.11 bits per heavy atom. The maximum atomic E-state index is 11.7. The maximum absolute atomic E-state index is 11.7. The summed E-state index contributed by atoms with van der Waals surface area (Å²) in [4.78, 5) is 11.7. The molecule has 0 saturated heterocycles. The van der Waals surface area contributed by atoms with Gasteiger partial charge in [-0.2, -0.15) is 0 Å². The topological polar surface area (TPSA) is 38.3 Å². The smallest absolute Gasteiger partial charge is 0.244 e. The van der Waals surface area contributed by atoms with Crippen molar-refractivity contribution < 1.29 is 9.53 Å². The number of carbonyl (C=O) groups excluding carboxylic acids is 1. The second-order valence-corrected chi connectivity index (χ2v) is 4.55. The molecule has 1 N–H and O–H groups in total. The minimum absolute atomic E-state index is 0.0446. The van der Waals surface area contributed by atoms with Gasteiger partial charge in [-0.05, 0) is 38.3 Å². The average Bonchev–Trinajstić information content (AvgIpc) is 2.54. The van der Waals surface area contributed by atoms with Crippen molar-refractivity contribution in [3.05, 3.63) is 41.5 Å². The third-order valence-electron chi connectivity index (χ3n) is 3.14. The molecule has 1 aromatic carbocycles. The molecule has 18 heavy (non-hydrogen) atoms. The van der Waals surface area contributed by atoms with Gasteiger partial charge in [-0.15, -0.1) is 0 Å². The van der Waals surface area contributed by atoms with Crippen LogP contribution in [0.25, 0.3) is 0 Å². The summed E-state index contributed by atoms with van der Waals surface area (Å²) in [7, 11) is 0. The van der Waals surface area contributed by atoms with Gasteiger partial charge in [0, 0.05) is 5.56 Å². The van der Waals surface area contributed by atoms with Crippen molar-refractivity contribution in [1.29, 1.82) is 0 Å². The number of hydrogen-bond acceptors (Lipinski definition) is 2. The van der Waals surface area contributed by atoms with E-state index in [1.165, 1.54) is 0 Å². The Morgan fingerprint density at radius 2 is 2.33 bits per heavy atom. The number of para-hydroxylation sites is 1. The lowest BCUT2D eigenvalue weighted by Gasteiger charge is -2.18. The van der Waals surface area contributed by atoms with E-state index in [1.807, 2.05) is 32.0 Å². The number of rotatable bonds is 2. The number of fused-ring (bicyclic) bond motifs is 1. The molecule has 1 aliphatic heterocycles. The second kappa shape index (κ2) is 5.71. The Labute approximate surface area is 108 Å². The predicted octanol–water partition coefficient (Wildman–Crippen LogP) is 2.90. The van der Waals surface area contributed by atoms with E-state index in [2.05, 4.69) is 5.32 Å². The van der Waals surface area contributed by atoms with Gasteiger partial charge < -0.3 is 10.1 Å². The predicted molar refractivity (Wildman–Crippen MR) is 71.6 cm³/mol. The first kappa shape index (κ1) is 12.7. The fourth-order valence-corrected chi connectivity index (χ4v) is 2.29. The van der Waals surface area contributed by atoms with Crippen molar-refractivity contribution in [3.8, 4) is 5.75 Å². The summed E-state index contributed by atoms with van der Waals surface area (Å²) < 4.78 is 5.78. The van der Waals surface area contributed by atoms with E-state index in [9.17, 15) is 4.79 Å². The van der Waals surface area contributed by atoms with Crippen molar-refractivity contribution in [2.75, 3.05) is 6.61 Å². The van der Waals surface area contributed by atoms with Crippen LogP contribution in [-0.4, -0.2) is 12.5 Å². The quantitative estimate of drug-likeness (QED) is 0.814. The summed E-state index contributed by atoms with van der Waals surface area (Å²) in [5.41, 5.74) is 2.21. The van der Waals surface area contributed by atoms with E-state index >= 15 is 0 Å². The Morgan fingerprint density at radius 1 is 1.50 bits per heavy atom. The zero-order valence-electron chi connectivity index (χ0n) is 10.9. The zero-order valence-corrected chi connectivity index (χ0v) is 10.9. The Kier molecular flexibility index (Phi) is 4.03. The van der Waals surface area contributed by atoms with E-state index in [1.54, 1.807) is 12.2 Å². The molecule has 1 amide bonds. The van der Waals surface area contributed by atoms with E-state index < -0.39 is 0 Å². The first-order valence-electron chi connectivity index (χ1n) is 6.38. The van der Waals surface area contributed by atoms with Crippen LogP contribution in [-0.2, 0) is 4.79 Å².